The summed E-state index contributed by atoms with van der Waals surface area (Å²) < 4.78 is 2.01. The van der Waals surface area contributed by atoms with Crippen molar-refractivity contribution >= 4 is 22.3 Å². The molecule has 5 heteroatoms. The molecule has 1 N–H and O–H groups in total. The number of aromatic carboxylic acids is 1. The maximum Gasteiger partial charge on any atom is 0.348 e. The number of carboxylic acids is 1. The monoisotopic (exact) mass is 348 g/mol. The van der Waals surface area contributed by atoms with Crippen LogP contribution in [0.5, 0.6) is 0 Å². The van der Waals surface area contributed by atoms with Gasteiger partial charge in [-0.05, 0) is 6.42 Å². The third-order valence-corrected chi connectivity index (χ3v) is 5.23. The van der Waals surface area contributed by atoms with Crippen molar-refractivity contribution in [3.05, 3.63) is 71.2 Å². The van der Waals surface area contributed by atoms with Crippen LogP contribution in [0.3, 0.4) is 0 Å². The Morgan fingerprint density at radius 3 is 2.20 bits per heavy atom. The number of carbonyl (C=O) groups is 1. The number of aryl methyl sites for hydroxylation is 1. The second-order valence-electron chi connectivity index (χ2n) is 5.70. The highest BCUT2D eigenvalue weighted by molar-refractivity contribution is 7.19. The Labute approximate surface area is 149 Å². The lowest BCUT2D eigenvalue weighted by atomic mass is 10.1. The maximum atomic E-state index is 11.8. The fourth-order valence-electron chi connectivity index (χ4n) is 3.13. The largest absolute Gasteiger partial charge is 0.477 e. The van der Waals surface area contributed by atoms with Crippen molar-refractivity contribution in [2.75, 3.05) is 0 Å². The molecule has 0 saturated carbocycles. The van der Waals surface area contributed by atoms with E-state index in [0.717, 1.165) is 28.9 Å². The van der Waals surface area contributed by atoms with E-state index < -0.39 is 5.97 Å². The number of nitrogens with zero attached hydrogens (tertiary/aromatic N) is 2. The van der Waals surface area contributed by atoms with E-state index in [1.807, 2.05) is 65.1 Å². The van der Waals surface area contributed by atoms with Gasteiger partial charge in [-0.15, -0.1) is 0 Å². The SMILES string of the molecule is CCc1c(-c2ccccc2)nc2sc(C(=O)O)c(-c3ccccc3)n12. The minimum atomic E-state index is -0.919. The van der Waals surface area contributed by atoms with Gasteiger partial charge in [-0.2, -0.15) is 0 Å². The van der Waals surface area contributed by atoms with Crippen LogP contribution in [0.15, 0.2) is 60.7 Å². The third-order valence-electron chi connectivity index (χ3n) is 4.20. The van der Waals surface area contributed by atoms with Crippen LogP contribution in [0, 0.1) is 0 Å². The van der Waals surface area contributed by atoms with Crippen molar-refractivity contribution in [2.45, 2.75) is 13.3 Å². The van der Waals surface area contributed by atoms with E-state index in [4.69, 9.17) is 4.98 Å². The summed E-state index contributed by atoms with van der Waals surface area (Å²) in [6, 6.07) is 19.7. The number of fused-ring (bicyclic) bond motifs is 1. The van der Waals surface area contributed by atoms with Crippen molar-refractivity contribution in [3.8, 4) is 22.5 Å². The molecule has 0 unspecified atom stereocenters. The molecule has 0 radical (unpaired) electrons. The number of aromatic nitrogens is 2. The number of hydrogen-bond donors (Lipinski definition) is 1. The Balaban J connectivity index is 2.07. The van der Waals surface area contributed by atoms with Gasteiger partial charge in [-0.25, -0.2) is 9.78 Å². The van der Waals surface area contributed by atoms with Gasteiger partial charge in [0.05, 0.1) is 17.1 Å². The average Bonchev–Trinajstić information content (AvgIpc) is 3.19. The summed E-state index contributed by atoms with van der Waals surface area (Å²) in [5, 5.41) is 9.67. The predicted octanol–water partition coefficient (Wildman–Crippen LogP) is 4.99. The first-order valence-corrected chi connectivity index (χ1v) is 8.90. The molecule has 0 aliphatic rings. The Morgan fingerprint density at radius 2 is 1.64 bits per heavy atom. The zero-order chi connectivity index (χ0) is 17.4. The van der Waals surface area contributed by atoms with E-state index in [2.05, 4.69) is 6.92 Å². The highest BCUT2D eigenvalue weighted by Gasteiger charge is 2.24. The topological polar surface area (TPSA) is 54.6 Å². The summed E-state index contributed by atoms with van der Waals surface area (Å²) in [6.45, 7) is 2.07. The molecule has 0 saturated heterocycles. The van der Waals surface area contributed by atoms with Gasteiger partial charge >= 0.3 is 5.97 Å². The minimum Gasteiger partial charge on any atom is -0.477 e. The standard InChI is InChI=1S/C20H16N2O2S/c1-2-15-16(13-9-5-3-6-10-13)21-20-22(15)17(18(25-20)19(23)24)14-11-7-4-8-12-14/h3-12H,2H2,1H3,(H,23,24). The molecule has 2 aromatic carbocycles. The van der Waals surface area contributed by atoms with Crippen LogP contribution in [0.2, 0.25) is 0 Å². The summed E-state index contributed by atoms with van der Waals surface area (Å²) in [5.41, 5.74) is 4.59. The molecule has 2 aromatic heterocycles. The van der Waals surface area contributed by atoms with Crippen molar-refractivity contribution < 1.29 is 9.90 Å². The third kappa shape index (κ3) is 2.53. The summed E-state index contributed by atoms with van der Waals surface area (Å²) in [7, 11) is 0. The molecule has 0 aliphatic heterocycles. The number of thiazole rings is 1. The highest BCUT2D eigenvalue weighted by atomic mass is 32.1. The van der Waals surface area contributed by atoms with Crippen molar-refractivity contribution in [2.24, 2.45) is 0 Å². The molecule has 4 aromatic rings. The van der Waals surface area contributed by atoms with E-state index in [1.165, 1.54) is 11.3 Å². The van der Waals surface area contributed by atoms with Gasteiger partial charge in [0, 0.05) is 11.1 Å². The first kappa shape index (κ1) is 15.6. The molecule has 0 aliphatic carbocycles. The lowest BCUT2D eigenvalue weighted by Crippen LogP contribution is -2.00. The lowest BCUT2D eigenvalue weighted by Gasteiger charge is -2.07. The Kier molecular flexibility index (Phi) is 3.86. The van der Waals surface area contributed by atoms with Gasteiger partial charge in [-0.1, -0.05) is 78.9 Å². The fourth-order valence-corrected chi connectivity index (χ4v) is 4.13. The molecule has 4 rings (SSSR count). The first-order valence-electron chi connectivity index (χ1n) is 8.09. The number of rotatable bonds is 4. The molecule has 0 amide bonds. The van der Waals surface area contributed by atoms with Crippen LogP contribution in [0.1, 0.15) is 22.3 Å². The summed E-state index contributed by atoms with van der Waals surface area (Å²) in [6.07, 6.45) is 0.765. The van der Waals surface area contributed by atoms with Crippen molar-refractivity contribution in [3.63, 3.8) is 0 Å². The zero-order valence-corrected chi connectivity index (χ0v) is 14.5. The molecule has 2 heterocycles. The summed E-state index contributed by atoms with van der Waals surface area (Å²) in [4.78, 5) is 17.6. The molecule has 4 nitrogen and oxygen atoms in total. The van der Waals surface area contributed by atoms with E-state index in [9.17, 15) is 9.90 Å². The van der Waals surface area contributed by atoms with Crippen LogP contribution >= 0.6 is 11.3 Å². The van der Waals surface area contributed by atoms with E-state index in [1.54, 1.807) is 0 Å². The minimum absolute atomic E-state index is 0.322. The molecule has 0 fully saturated rings. The second-order valence-corrected chi connectivity index (χ2v) is 6.67. The van der Waals surface area contributed by atoms with Crippen LogP contribution in [-0.4, -0.2) is 20.5 Å². The van der Waals surface area contributed by atoms with Gasteiger partial charge < -0.3 is 5.11 Å². The average molecular weight is 348 g/mol. The molecule has 25 heavy (non-hydrogen) atoms. The second kappa shape index (κ2) is 6.18. The quantitative estimate of drug-likeness (QED) is 0.565. The normalized spacial score (nSPS) is 11.1. The van der Waals surface area contributed by atoms with Gasteiger partial charge in [0.25, 0.3) is 0 Å². The summed E-state index contributed by atoms with van der Waals surface area (Å²) >= 11 is 1.22. The Morgan fingerprint density at radius 1 is 1.04 bits per heavy atom. The maximum absolute atomic E-state index is 11.8. The number of imidazole rings is 1. The van der Waals surface area contributed by atoms with Crippen molar-refractivity contribution in [1.29, 1.82) is 0 Å². The van der Waals surface area contributed by atoms with Crippen LogP contribution in [-0.2, 0) is 6.42 Å². The molecule has 0 atom stereocenters. The fraction of sp³-hybridized carbons (Fsp3) is 0.100. The number of hydrogen-bond acceptors (Lipinski definition) is 3. The van der Waals surface area contributed by atoms with E-state index >= 15 is 0 Å². The van der Waals surface area contributed by atoms with E-state index in [0.29, 0.717) is 15.5 Å². The highest BCUT2D eigenvalue weighted by Crippen LogP contribution is 2.36. The van der Waals surface area contributed by atoms with Crippen LogP contribution < -0.4 is 0 Å². The van der Waals surface area contributed by atoms with Gasteiger partial charge in [0.1, 0.15) is 4.88 Å². The first-order chi connectivity index (χ1) is 12.2. The number of carboxylic acid groups (broad SMARTS) is 1. The van der Waals surface area contributed by atoms with Crippen molar-refractivity contribution in [1.82, 2.24) is 9.38 Å². The predicted molar refractivity (Wildman–Crippen MR) is 100 cm³/mol. The van der Waals surface area contributed by atoms with E-state index in [-0.39, 0.29) is 0 Å². The molecular weight excluding hydrogens is 332 g/mol. The Hall–Kier alpha value is -2.92. The molecular formula is C20H16N2O2S. The van der Waals surface area contributed by atoms with Crippen LogP contribution in [0.4, 0.5) is 0 Å². The zero-order valence-electron chi connectivity index (χ0n) is 13.6. The smallest absolute Gasteiger partial charge is 0.348 e. The molecule has 124 valence electrons. The van der Waals surface area contributed by atoms with Crippen LogP contribution in [0.25, 0.3) is 27.5 Å². The Bertz CT molecular complexity index is 1050. The molecule has 0 spiro atoms. The lowest BCUT2D eigenvalue weighted by molar-refractivity contribution is 0.0702. The number of benzene rings is 2. The van der Waals surface area contributed by atoms with Gasteiger partial charge in [-0.3, -0.25) is 4.40 Å². The van der Waals surface area contributed by atoms with Gasteiger partial charge in [0.15, 0.2) is 4.96 Å². The molecule has 0 bridgehead atoms. The van der Waals surface area contributed by atoms with Gasteiger partial charge in [0.2, 0.25) is 0 Å². The summed E-state index contributed by atoms with van der Waals surface area (Å²) in [5.74, 6) is -0.919.